The summed E-state index contributed by atoms with van der Waals surface area (Å²) in [6, 6.07) is 4.79. The highest BCUT2D eigenvalue weighted by Crippen LogP contribution is 2.35. The van der Waals surface area contributed by atoms with E-state index in [1.165, 1.54) is 0 Å². The molecule has 1 heterocycles. The maximum Gasteiger partial charge on any atom is 0.416 e. The average molecular weight is 466 g/mol. The van der Waals surface area contributed by atoms with E-state index in [1.54, 1.807) is 0 Å². The van der Waals surface area contributed by atoms with Crippen molar-refractivity contribution in [3.8, 4) is 16.9 Å². The van der Waals surface area contributed by atoms with E-state index in [0.717, 1.165) is 35.9 Å². The van der Waals surface area contributed by atoms with Crippen molar-refractivity contribution < 1.29 is 39.2 Å². The van der Waals surface area contributed by atoms with E-state index >= 15 is 0 Å². The molecule has 0 aliphatic rings. The largest absolute Gasteiger partial charge is 0.416 e. The van der Waals surface area contributed by atoms with Gasteiger partial charge in [-0.2, -0.15) is 18.3 Å². The fourth-order valence-corrected chi connectivity index (χ4v) is 3.89. The Balaban J connectivity index is 2.24. The molecule has 0 atom stereocenters. The second-order valence-electron chi connectivity index (χ2n) is 6.71. The van der Waals surface area contributed by atoms with Gasteiger partial charge in [0.25, 0.3) is 6.43 Å². The van der Waals surface area contributed by atoms with Gasteiger partial charge in [-0.05, 0) is 48.9 Å². The lowest BCUT2D eigenvalue weighted by atomic mass is 10.1. The Morgan fingerprint density at radius 3 is 2.03 bits per heavy atom. The number of aromatic nitrogens is 2. The van der Waals surface area contributed by atoms with Gasteiger partial charge in [0.05, 0.1) is 16.9 Å². The molecule has 4 nitrogen and oxygen atoms in total. The minimum Gasteiger partial charge on any atom is -0.233 e. The zero-order chi connectivity index (χ0) is 23.3. The molecule has 0 saturated carbocycles. The van der Waals surface area contributed by atoms with Crippen molar-refractivity contribution in [2.45, 2.75) is 24.4 Å². The number of benzene rings is 2. The molecule has 0 unspecified atom stereocenters. The maximum absolute atomic E-state index is 14.3. The van der Waals surface area contributed by atoms with Crippen molar-refractivity contribution in [1.29, 1.82) is 0 Å². The van der Waals surface area contributed by atoms with Crippen molar-refractivity contribution in [2.75, 3.05) is 6.26 Å². The van der Waals surface area contributed by atoms with Crippen LogP contribution >= 0.6 is 0 Å². The lowest BCUT2D eigenvalue weighted by molar-refractivity contribution is -0.138. The molecule has 0 aliphatic heterocycles. The van der Waals surface area contributed by atoms with Crippen LogP contribution in [0.15, 0.2) is 41.3 Å². The zero-order valence-corrected chi connectivity index (χ0v) is 16.6. The van der Waals surface area contributed by atoms with Gasteiger partial charge in [0.1, 0.15) is 22.2 Å². The van der Waals surface area contributed by atoms with Gasteiger partial charge in [-0.15, -0.1) is 0 Å². The standard InChI is InChI=1S/C19H13F7N2O2S/c1-9-5-11(3-4-12(9)19(24,25)26)28-16(8-15(27-28)18(22)23)10-6-13(20)17(14(21)7-10)31(2,29)30/h3-8,18H,1-2H3. The molecule has 12 heteroatoms. The summed E-state index contributed by atoms with van der Waals surface area (Å²) in [5, 5.41) is 3.64. The van der Waals surface area contributed by atoms with Gasteiger partial charge >= 0.3 is 6.18 Å². The zero-order valence-electron chi connectivity index (χ0n) is 15.8. The van der Waals surface area contributed by atoms with E-state index in [9.17, 15) is 39.2 Å². The number of hydrogen-bond acceptors (Lipinski definition) is 3. The van der Waals surface area contributed by atoms with Crippen LogP contribution in [0.1, 0.15) is 23.2 Å². The first-order valence-corrected chi connectivity index (χ1v) is 10.3. The van der Waals surface area contributed by atoms with Crippen LogP contribution in [0.2, 0.25) is 0 Å². The van der Waals surface area contributed by atoms with Crippen molar-refractivity contribution in [3.05, 3.63) is 64.9 Å². The van der Waals surface area contributed by atoms with Crippen LogP contribution in [0.5, 0.6) is 0 Å². The van der Waals surface area contributed by atoms with Gasteiger partial charge < -0.3 is 0 Å². The molecule has 0 aliphatic carbocycles. The highest BCUT2D eigenvalue weighted by atomic mass is 32.2. The third kappa shape index (κ3) is 4.43. The average Bonchev–Trinajstić information content (AvgIpc) is 3.04. The highest BCUT2D eigenvalue weighted by Gasteiger charge is 2.32. The van der Waals surface area contributed by atoms with Crippen molar-refractivity contribution in [3.63, 3.8) is 0 Å². The number of hydrogen-bond donors (Lipinski definition) is 0. The topological polar surface area (TPSA) is 52.0 Å². The van der Waals surface area contributed by atoms with Crippen LogP contribution in [0, 0.1) is 18.6 Å². The molecule has 0 bridgehead atoms. The second-order valence-corrected chi connectivity index (χ2v) is 8.66. The second kappa shape index (κ2) is 7.66. The van der Waals surface area contributed by atoms with Crippen LogP contribution in [0.4, 0.5) is 30.7 Å². The molecule has 166 valence electrons. The number of alkyl halides is 5. The van der Waals surface area contributed by atoms with E-state index in [-0.39, 0.29) is 22.5 Å². The normalized spacial score (nSPS) is 12.6. The van der Waals surface area contributed by atoms with Crippen molar-refractivity contribution in [2.24, 2.45) is 0 Å². The molecule has 0 N–H and O–H groups in total. The van der Waals surface area contributed by atoms with Gasteiger partial charge in [0.15, 0.2) is 9.84 Å². The summed E-state index contributed by atoms with van der Waals surface area (Å²) in [4.78, 5) is -1.19. The minimum atomic E-state index is -4.64. The van der Waals surface area contributed by atoms with Crippen LogP contribution in [-0.2, 0) is 16.0 Å². The molecule has 3 aromatic rings. The summed E-state index contributed by atoms with van der Waals surface area (Å²) in [7, 11) is -4.26. The third-order valence-electron chi connectivity index (χ3n) is 4.38. The van der Waals surface area contributed by atoms with E-state index in [2.05, 4.69) is 5.10 Å². The Labute approximate surface area is 171 Å². The van der Waals surface area contributed by atoms with E-state index < -0.39 is 50.2 Å². The SMILES string of the molecule is Cc1cc(-n2nc(C(F)F)cc2-c2cc(F)c(S(C)(=O)=O)c(F)c2)ccc1C(F)(F)F. The summed E-state index contributed by atoms with van der Waals surface area (Å²) in [6.07, 6.45) is -7.13. The molecule has 3 rings (SSSR count). The molecule has 0 radical (unpaired) electrons. The Morgan fingerprint density at radius 2 is 1.58 bits per heavy atom. The molecule has 1 aromatic heterocycles. The van der Waals surface area contributed by atoms with Crippen molar-refractivity contribution in [1.82, 2.24) is 9.78 Å². The number of nitrogens with zero attached hydrogens (tertiary/aromatic N) is 2. The highest BCUT2D eigenvalue weighted by molar-refractivity contribution is 7.90. The Bertz CT molecular complexity index is 1240. The number of halogens is 7. The lowest BCUT2D eigenvalue weighted by Crippen LogP contribution is -2.09. The van der Waals surface area contributed by atoms with E-state index in [1.807, 2.05) is 0 Å². The predicted octanol–water partition coefficient (Wildman–Crippen LogP) is 5.49. The maximum atomic E-state index is 14.3. The molecule has 0 spiro atoms. The number of sulfone groups is 1. The first kappa shape index (κ1) is 22.8. The smallest absolute Gasteiger partial charge is 0.233 e. The van der Waals surface area contributed by atoms with Crippen LogP contribution in [0.3, 0.4) is 0 Å². The predicted molar refractivity (Wildman–Crippen MR) is 96.7 cm³/mol. The minimum absolute atomic E-state index is 0.0691. The summed E-state index contributed by atoms with van der Waals surface area (Å²) >= 11 is 0. The molecule has 2 aromatic carbocycles. The number of aryl methyl sites for hydroxylation is 1. The fourth-order valence-electron chi connectivity index (χ4n) is 3.07. The van der Waals surface area contributed by atoms with Crippen LogP contribution in [-0.4, -0.2) is 24.5 Å². The quantitative estimate of drug-likeness (QED) is 0.478. The summed E-state index contributed by atoms with van der Waals surface area (Å²) < 4.78 is 118. The van der Waals surface area contributed by atoms with Crippen LogP contribution in [0.25, 0.3) is 16.9 Å². The van der Waals surface area contributed by atoms with Crippen LogP contribution < -0.4 is 0 Å². The Hall–Kier alpha value is -2.89. The lowest BCUT2D eigenvalue weighted by Gasteiger charge is -2.14. The summed E-state index contributed by atoms with van der Waals surface area (Å²) in [5.74, 6) is -2.90. The van der Waals surface area contributed by atoms with Gasteiger partial charge in [-0.25, -0.2) is 30.7 Å². The molecular formula is C19H13F7N2O2S. The Morgan fingerprint density at radius 1 is 1.00 bits per heavy atom. The third-order valence-corrected chi connectivity index (χ3v) is 5.51. The molecule has 31 heavy (non-hydrogen) atoms. The number of rotatable bonds is 4. The van der Waals surface area contributed by atoms with Gasteiger partial charge in [0, 0.05) is 11.8 Å². The first-order chi connectivity index (χ1) is 14.2. The molecule has 0 fully saturated rings. The summed E-state index contributed by atoms with van der Waals surface area (Å²) in [6.45, 7) is 1.16. The van der Waals surface area contributed by atoms with E-state index in [0.29, 0.717) is 18.4 Å². The molecule has 0 saturated heterocycles. The monoisotopic (exact) mass is 466 g/mol. The van der Waals surface area contributed by atoms with Gasteiger partial charge in [0.2, 0.25) is 0 Å². The molecular weight excluding hydrogens is 453 g/mol. The fraction of sp³-hybridized carbons (Fsp3) is 0.211. The Kier molecular flexibility index (Phi) is 5.63. The van der Waals surface area contributed by atoms with Gasteiger partial charge in [-0.1, -0.05) is 0 Å². The van der Waals surface area contributed by atoms with Gasteiger partial charge in [-0.3, -0.25) is 0 Å². The van der Waals surface area contributed by atoms with Crippen molar-refractivity contribution >= 4 is 9.84 Å². The first-order valence-electron chi connectivity index (χ1n) is 8.46. The summed E-state index contributed by atoms with van der Waals surface area (Å²) in [5.41, 5.74) is -2.64. The molecule has 0 amide bonds. The van der Waals surface area contributed by atoms with E-state index in [4.69, 9.17) is 0 Å².